The summed E-state index contributed by atoms with van der Waals surface area (Å²) < 4.78 is 99.6. The molecule has 0 unspecified atom stereocenters. The Labute approximate surface area is 441 Å². The molecule has 0 aliphatic heterocycles. The number of hydrazine groups is 1. The number of thiophene rings is 2. The summed E-state index contributed by atoms with van der Waals surface area (Å²) >= 11 is 5.20. The summed E-state index contributed by atoms with van der Waals surface area (Å²) in [5, 5.41) is 18.1. The van der Waals surface area contributed by atoms with E-state index in [1.165, 1.54) is 14.2 Å². The third-order valence-corrected chi connectivity index (χ3v) is 19.4. The number of nitrogens with one attached hydrogen (secondary N) is 4. The fourth-order valence-electron chi connectivity index (χ4n) is 8.20. The van der Waals surface area contributed by atoms with Gasteiger partial charge in [0, 0.05) is 43.6 Å². The number of fused-ring (bicyclic) bond motifs is 2. The number of azo groups is 1. The van der Waals surface area contributed by atoms with Gasteiger partial charge in [0.15, 0.2) is 30.1 Å². The van der Waals surface area contributed by atoms with Crippen LogP contribution in [0, 0.1) is 0 Å². The summed E-state index contributed by atoms with van der Waals surface area (Å²) in [6.45, 7) is 10.8. The molecule has 7 aromatic rings. The molecule has 5 aromatic heterocycles. The first-order chi connectivity index (χ1) is 35.0. The number of rotatable bonds is 23. The number of methoxy groups -OCH3 is 4. The van der Waals surface area contributed by atoms with Crippen molar-refractivity contribution < 1.29 is 44.9 Å². The van der Waals surface area contributed by atoms with Crippen molar-refractivity contribution in [3.8, 4) is 23.0 Å². The molecule has 0 radical (unpaired) electrons. The van der Waals surface area contributed by atoms with E-state index < -0.39 is 20.2 Å². The zero-order valence-electron chi connectivity index (χ0n) is 40.8. The molecular formula is C43H53N13O10S7. The summed E-state index contributed by atoms with van der Waals surface area (Å²) in [4.78, 5) is 19.8. The van der Waals surface area contributed by atoms with Gasteiger partial charge in [0.1, 0.15) is 31.8 Å². The van der Waals surface area contributed by atoms with Crippen molar-refractivity contribution >= 4 is 154 Å². The monoisotopic (exact) mass is 1140 g/mol. The summed E-state index contributed by atoms with van der Waals surface area (Å²) in [6.07, 6.45) is 5.35. The molecule has 0 spiro atoms. The molecule has 5 heterocycles. The van der Waals surface area contributed by atoms with Gasteiger partial charge in [-0.3, -0.25) is 20.0 Å². The predicted molar refractivity (Wildman–Crippen MR) is 291 cm³/mol. The van der Waals surface area contributed by atoms with Crippen molar-refractivity contribution in [2.24, 2.45) is 10.2 Å². The molecule has 30 heteroatoms. The van der Waals surface area contributed by atoms with Crippen molar-refractivity contribution in [3.63, 3.8) is 0 Å². The SMILES string of the molecule is CCN(CC)c1cc(Nc2nc(Nc3cc(N(CC)CC)c(OC)cc3NNc3snc4sc(S(=O)(=O)O)c(OC)c34)nc(SC3CCCCC3)n2)c(/N=N/c2snc3sc(S(=O)(=O)O)c(OC)c23)cc1OC. The first-order valence-electron chi connectivity index (χ1n) is 22.8. The highest BCUT2D eigenvalue weighted by molar-refractivity contribution is 7.99. The molecule has 1 saturated carbocycles. The number of hydrogen-bond acceptors (Lipinski definition) is 26. The Balaban J connectivity index is 1.23. The van der Waals surface area contributed by atoms with Gasteiger partial charge in [-0.25, -0.2) is 0 Å². The molecule has 23 nitrogen and oxygen atoms in total. The molecule has 73 heavy (non-hydrogen) atoms. The Bertz CT molecular complexity index is 3370. The number of thioether (sulfide) groups is 1. The van der Waals surface area contributed by atoms with Crippen molar-refractivity contribution in [1.82, 2.24) is 23.7 Å². The highest BCUT2D eigenvalue weighted by Crippen LogP contribution is 2.49. The first-order valence-corrected chi connectivity index (χ1v) is 29.7. The standard InChI is InChI=1S/C43H53N13O10S7/c1-9-55(10-2)27-18-23(25(20-29(27)63-5)49-51-35-31-33(65-7)39(72(57,58)59)68-37(31)53-70-35)44-41-46-42(48-43(47-41)67-22-16-14-13-15-17-22)45-24-19-28(56(11-3)12-4)30(64-6)21-26(24)50-52-36-32-34(66-8)40(73(60,61)62)69-38(32)54-71-36/h18-22,49,51H,9-17H2,1-8H3,(H,57,58,59)(H,60,61,62)(H2,44,45,46,47,48)/b52-50+. The number of nitrogens with zero attached hydrogens (tertiary/aromatic N) is 9. The van der Waals surface area contributed by atoms with Gasteiger partial charge < -0.3 is 39.4 Å². The maximum absolute atomic E-state index is 12.3. The second kappa shape index (κ2) is 22.9. The lowest BCUT2D eigenvalue weighted by molar-refractivity contribution is 0.406. The second-order valence-corrected chi connectivity index (χ2v) is 24.0. The minimum atomic E-state index is -4.62. The van der Waals surface area contributed by atoms with Crippen LogP contribution in [0.15, 0.2) is 48.1 Å². The van der Waals surface area contributed by atoms with Gasteiger partial charge >= 0.3 is 20.2 Å². The highest BCUT2D eigenvalue weighted by atomic mass is 32.3. The maximum Gasteiger partial charge on any atom is 0.307 e. The molecule has 0 bridgehead atoms. The Morgan fingerprint density at radius 2 is 1.19 bits per heavy atom. The first kappa shape index (κ1) is 53.7. The third-order valence-electron chi connectivity index (χ3n) is 11.7. The lowest BCUT2D eigenvalue weighted by Crippen LogP contribution is -2.23. The summed E-state index contributed by atoms with van der Waals surface area (Å²) in [5.74, 6) is 1.32. The zero-order chi connectivity index (χ0) is 52.2. The van der Waals surface area contributed by atoms with Crippen LogP contribution >= 0.6 is 57.5 Å². The molecule has 0 amide bonds. The van der Waals surface area contributed by atoms with Crippen LogP contribution in [0.1, 0.15) is 59.8 Å². The van der Waals surface area contributed by atoms with Crippen LogP contribution in [0.2, 0.25) is 0 Å². The molecule has 392 valence electrons. The van der Waals surface area contributed by atoms with Gasteiger partial charge in [0.25, 0.3) is 0 Å². The number of anilines is 8. The minimum absolute atomic E-state index is 0.0370. The van der Waals surface area contributed by atoms with Crippen LogP contribution in [0.5, 0.6) is 23.0 Å². The van der Waals surface area contributed by atoms with Gasteiger partial charge in [-0.1, -0.05) is 53.7 Å². The largest absolute Gasteiger partial charge is 0.495 e. The summed E-state index contributed by atoms with van der Waals surface area (Å²) in [7, 11) is -3.45. The van der Waals surface area contributed by atoms with E-state index in [0.717, 1.165) is 89.2 Å². The van der Waals surface area contributed by atoms with Crippen molar-refractivity contribution in [2.45, 2.75) is 78.6 Å². The predicted octanol–water partition coefficient (Wildman–Crippen LogP) is 11.2. The molecule has 6 N–H and O–H groups in total. The maximum atomic E-state index is 12.3. The average molecular weight is 1140 g/mol. The second-order valence-electron chi connectivity index (χ2n) is 16.0. The van der Waals surface area contributed by atoms with Gasteiger partial charge in [-0.15, -0.1) is 10.2 Å². The van der Waals surface area contributed by atoms with E-state index in [1.807, 2.05) is 45.9 Å². The van der Waals surface area contributed by atoms with E-state index in [2.05, 4.69) is 50.3 Å². The van der Waals surface area contributed by atoms with E-state index in [9.17, 15) is 25.9 Å². The highest BCUT2D eigenvalue weighted by Gasteiger charge is 2.30. The van der Waals surface area contributed by atoms with E-state index >= 15 is 0 Å². The van der Waals surface area contributed by atoms with E-state index in [-0.39, 0.29) is 47.5 Å². The zero-order valence-corrected chi connectivity index (χ0v) is 46.5. The smallest absolute Gasteiger partial charge is 0.307 e. The van der Waals surface area contributed by atoms with Gasteiger partial charge in [-0.05, 0) is 75.7 Å². The third kappa shape index (κ3) is 11.6. The lowest BCUT2D eigenvalue weighted by atomic mass is 10.0. The Hall–Kier alpha value is -5.60. The molecule has 0 saturated heterocycles. The quantitative estimate of drug-likeness (QED) is 0.0197. The van der Waals surface area contributed by atoms with Crippen LogP contribution < -0.4 is 50.2 Å². The van der Waals surface area contributed by atoms with Crippen LogP contribution in [-0.2, 0) is 20.2 Å². The minimum Gasteiger partial charge on any atom is -0.495 e. The lowest BCUT2D eigenvalue weighted by Gasteiger charge is -2.26. The number of hydrogen-bond donors (Lipinski definition) is 6. The molecule has 1 aliphatic rings. The number of benzene rings is 2. The van der Waals surface area contributed by atoms with Gasteiger partial charge in [-0.2, -0.15) is 40.5 Å². The molecule has 1 aliphatic carbocycles. The van der Waals surface area contributed by atoms with Crippen molar-refractivity contribution in [3.05, 3.63) is 24.3 Å². The molecule has 0 atom stereocenters. The van der Waals surface area contributed by atoms with Crippen LogP contribution in [0.4, 0.5) is 56.0 Å². The Morgan fingerprint density at radius 3 is 1.75 bits per heavy atom. The number of aromatic nitrogens is 5. The fourth-order valence-corrected chi connectivity index (χ4v) is 14.9. The normalized spacial score (nSPS) is 13.5. The molecule has 8 rings (SSSR count). The summed E-state index contributed by atoms with van der Waals surface area (Å²) in [5.41, 5.74) is 9.74. The van der Waals surface area contributed by atoms with E-state index in [1.54, 1.807) is 32.0 Å². The van der Waals surface area contributed by atoms with Gasteiger partial charge in [0.2, 0.25) is 11.9 Å². The molecule has 1 fully saturated rings. The summed E-state index contributed by atoms with van der Waals surface area (Å²) in [6, 6.07) is 7.33. The fraction of sp³-hybridized carbons (Fsp3) is 0.419. The average Bonchev–Trinajstić information content (AvgIpc) is 4.16. The van der Waals surface area contributed by atoms with Gasteiger partial charge in [0.05, 0.1) is 67.6 Å². The Morgan fingerprint density at radius 1 is 0.658 bits per heavy atom. The van der Waals surface area contributed by atoms with Crippen LogP contribution in [-0.4, -0.2) is 110 Å². The van der Waals surface area contributed by atoms with Crippen LogP contribution in [0.3, 0.4) is 0 Å². The topological polar surface area (TPSA) is 289 Å². The van der Waals surface area contributed by atoms with Crippen molar-refractivity contribution in [1.29, 1.82) is 0 Å². The van der Waals surface area contributed by atoms with E-state index in [0.29, 0.717) is 85.6 Å². The van der Waals surface area contributed by atoms with Crippen molar-refractivity contribution in [2.75, 3.05) is 85.9 Å². The Kier molecular flexibility index (Phi) is 16.8. The molecule has 2 aromatic carbocycles. The van der Waals surface area contributed by atoms with Crippen LogP contribution in [0.25, 0.3) is 20.4 Å². The number of ether oxygens (including phenoxy) is 4. The van der Waals surface area contributed by atoms with E-state index in [4.69, 9.17) is 33.9 Å². The molecular weight excluding hydrogens is 1080 g/mol.